The van der Waals surface area contributed by atoms with Gasteiger partial charge in [-0.1, -0.05) is 5.57 Å². The second-order valence-electron chi connectivity index (χ2n) is 9.50. The van der Waals surface area contributed by atoms with E-state index in [1.165, 1.54) is 21.9 Å². The summed E-state index contributed by atoms with van der Waals surface area (Å²) in [5.41, 5.74) is 5.14. The van der Waals surface area contributed by atoms with E-state index in [1.54, 1.807) is 18.3 Å². The van der Waals surface area contributed by atoms with Gasteiger partial charge in [-0.05, 0) is 80.3 Å². The van der Waals surface area contributed by atoms with Crippen LogP contribution in [0.25, 0.3) is 16.6 Å². The Morgan fingerprint density at radius 3 is 2.69 bits per heavy atom. The molecule has 0 aromatic carbocycles. The zero-order chi connectivity index (χ0) is 23.8. The van der Waals surface area contributed by atoms with Gasteiger partial charge >= 0.3 is 5.97 Å². The minimum absolute atomic E-state index is 0. The van der Waals surface area contributed by atoms with Crippen molar-refractivity contribution in [2.45, 2.75) is 52.0 Å². The van der Waals surface area contributed by atoms with E-state index in [1.807, 2.05) is 18.2 Å². The molecule has 6 nitrogen and oxygen atoms in total. The molecule has 182 valence electrons. The first kappa shape index (κ1) is 24.9. The molecule has 0 atom stereocenters. The third kappa shape index (κ3) is 5.10. The molecule has 0 saturated heterocycles. The molecule has 3 aromatic heterocycles. The number of pyridine rings is 3. The summed E-state index contributed by atoms with van der Waals surface area (Å²) in [4.78, 5) is 32.8. The van der Waals surface area contributed by atoms with E-state index >= 15 is 0 Å². The third-order valence-electron chi connectivity index (χ3n) is 7.19. The second-order valence-corrected chi connectivity index (χ2v) is 9.50. The fourth-order valence-corrected chi connectivity index (χ4v) is 5.63. The summed E-state index contributed by atoms with van der Waals surface area (Å²) < 4.78 is 15.8. The molecule has 0 unspecified atom stereocenters. The first-order valence-corrected chi connectivity index (χ1v) is 11.8. The fourth-order valence-electron chi connectivity index (χ4n) is 5.63. The number of hydrogen-bond acceptors (Lipinski definition) is 4. The molecule has 2 aliphatic carbocycles. The van der Waals surface area contributed by atoms with Crippen molar-refractivity contribution in [1.82, 2.24) is 9.97 Å². The van der Waals surface area contributed by atoms with Gasteiger partial charge in [0.25, 0.3) is 0 Å². The van der Waals surface area contributed by atoms with Gasteiger partial charge in [0.05, 0.1) is 6.42 Å². The van der Waals surface area contributed by atoms with E-state index in [2.05, 4.69) is 16.9 Å². The number of aliphatic carboxylic acids is 1. The van der Waals surface area contributed by atoms with Gasteiger partial charge in [-0.25, -0.2) is 19.2 Å². The van der Waals surface area contributed by atoms with Crippen LogP contribution in [0, 0.1) is 17.7 Å². The molecule has 2 aliphatic rings. The maximum Gasteiger partial charge on any atom is 0.370 e. The van der Waals surface area contributed by atoms with Crippen LogP contribution in [0.15, 0.2) is 48.3 Å². The highest BCUT2D eigenvalue weighted by molar-refractivity contribution is 5.96. The number of carbonyl (C=O) groups is 2. The molecule has 0 aliphatic heterocycles. The number of hydrogen-bond donors (Lipinski definition) is 1. The van der Waals surface area contributed by atoms with Crippen LogP contribution in [-0.4, -0.2) is 26.8 Å². The molecule has 5 rings (SSSR count). The normalized spacial score (nSPS) is 19.4. The lowest BCUT2D eigenvalue weighted by Gasteiger charge is -2.29. The Hall–Kier alpha value is -3.19. The molecule has 3 aromatic rings. The minimum Gasteiger partial charge on any atom is -0.477 e. The lowest BCUT2D eigenvalue weighted by atomic mass is 9.75. The van der Waals surface area contributed by atoms with Crippen molar-refractivity contribution < 1.29 is 23.7 Å². The van der Waals surface area contributed by atoms with E-state index in [4.69, 9.17) is 0 Å². The summed E-state index contributed by atoms with van der Waals surface area (Å²) in [6, 6.07) is 9.00. The van der Waals surface area contributed by atoms with Gasteiger partial charge in [0.1, 0.15) is 5.69 Å². The van der Waals surface area contributed by atoms with Crippen LogP contribution in [0.1, 0.15) is 60.8 Å². The number of Topliss-reactive ketones (excluding diaryl/α,β-unsaturated/α-hetero) is 1. The van der Waals surface area contributed by atoms with Crippen LogP contribution >= 0.6 is 12.4 Å². The third-order valence-corrected chi connectivity index (χ3v) is 7.19. The molecule has 8 heteroatoms. The number of carboxylic acid groups (broad SMARTS) is 1. The molecule has 1 saturated carbocycles. The summed E-state index contributed by atoms with van der Waals surface area (Å²) >= 11 is 0. The predicted molar refractivity (Wildman–Crippen MR) is 132 cm³/mol. The van der Waals surface area contributed by atoms with E-state index < -0.39 is 11.8 Å². The maximum absolute atomic E-state index is 14.3. The molecule has 0 amide bonds. The van der Waals surface area contributed by atoms with Gasteiger partial charge in [-0.2, -0.15) is 4.57 Å². The number of halogens is 2. The van der Waals surface area contributed by atoms with E-state index in [-0.39, 0.29) is 24.7 Å². The molecular formula is C27H28ClFN3O3+. The second kappa shape index (κ2) is 10.2. The van der Waals surface area contributed by atoms with Crippen molar-refractivity contribution in [3.8, 4) is 0 Å². The molecule has 0 radical (unpaired) electrons. The smallest absolute Gasteiger partial charge is 0.370 e. The van der Waals surface area contributed by atoms with Gasteiger partial charge in [0.2, 0.25) is 12.7 Å². The molecule has 3 heterocycles. The van der Waals surface area contributed by atoms with E-state index in [9.17, 15) is 19.1 Å². The highest BCUT2D eigenvalue weighted by Crippen LogP contribution is 2.44. The van der Waals surface area contributed by atoms with Crippen molar-refractivity contribution in [2.75, 3.05) is 0 Å². The fraction of sp³-hybridized carbons (Fsp3) is 0.370. The van der Waals surface area contributed by atoms with Gasteiger partial charge in [0, 0.05) is 23.6 Å². The van der Waals surface area contributed by atoms with E-state index in [0.29, 0.717) is 36.0 Å². The highest BCUT2D eigenvalue weighted by atomic mass is 35.5. The quantitative estimate of drug-likeness (QED) is 0.384. The van der Waals surface area contributed by atoms with E-state index in [0.717, 1.165) is 42.3 Å². The number of fused-ring (bicyclic) bond motifs is 2. The largest absolute Gasteiger partial charge is 0.477 e. The van der Waals surface area contributed by atoms with Gasteiger partial charge in [-0.15, -0.1) is 12.4 Å². The van der Waals surface area contributed by atoms with Gasteiger partial charge < -0.3 is 5.11 Å². The summed E-state index contributed by atoms with van der Waals surface area (Å²) in [6.45, 7) is 1.82. The topological polar surface area (TPSA) is 84.0 Å². The Morgan fingerprint density at radius 1 is 1.17 bits per heavy atom. The Kier molecular flexibility index (Phi) is 7.26. The number of carbonyl (C=O) groups excluding carboxylic acids is 1. The van der Waals surface area contributed by atoms with Crippen molar-refractivity contribution in [3.05, 3.63) is 71.1 Å². The molecule has 35 heavy (non-hydrogen) atoms. The van der Waals surface area contributed by atoms with Crippen molar-refractivity contribution in [3.63, 3.8) is 0 Å². The average Bonchev–Trinajstić information content (AvgIpc) is 3.14. The molecule has 0 spiro atoms. The average molecular weight is 497 g/mol. The van der Waals surface area contributed by atoms with Crippen LogP contribution in [0.5, 0.6) is 0 Å². The van der Waals surface area contributed by atoms with Gasteiger partial charge in [-0.3, -0.25) is 4.79 Å². The Morgan fingerprint density at radius 2 is 1.94 bits per heavy atom. The summed E-state index contributed by atoms with van der Waals surface area (Å²) in [5.74, 6) is -0.740. The Balaban J connectivity index is 0.00000289. The number of rotatable bonds is 6. The summed E-state index contributed by atoms with van der Waals surface area (Å²) in [6.07, 6.45) is 7.81. The molecule has 0 bridgehead atoms. The first-order valence-electron chi connectivity index (χ1n) is 11.8. The van der Waals surface area contributed by atoms with Crippen LogP contribution in [0.2, 0.25) is 0 Å². The Bertz CT molecular complexity index is 1330. The standard InChI is InChI=1S/C27H26FN3O3.ClH/c1-16-11-23-21(13-20(28)14-31(23)15-25(33)34)26(16)18-6-4-17(5-7-18)12-24(32)22-9-8-19-3-2-10-29-27(19)30-22;/h2-3,8-10,13-14,17-18H,4-7,11-12,15H2,1H3;1H/p+1. The lowest BCUT2D eigenvalue weighted by Crippen LogP contribution is -2.42. The number of nitrogens with zero attached hydrogens (tertiary/aromatic N) is 3. The first-order chi connectivity index (χ1) is 16.4. The molecular weight excluding hydrogens is 469 g/mol. The highest BCUT2D eigenvalue weighted by Gasteiger charge is 2.35. The number of carboxylic acids is 1. The number of ketones is 1. The zero-order valence-corrected chi connectivity index (χ0v) is 20.4. The molecule has 1 fully saturated rings. The molecule has 1 N–H and O–H groups in total. The summed E-state index contributed by atoms with van der Waals surface area (Å²) in [5, 5.41) is 10.1. The monoisotopic (exact) mass is 496 g/mol. The summed E-state index contributed by atoms with van der Waals surface area (Å²) in [7, 11) is 0. The number of aromatic nitrogens is 3. The van der Waals surface area contributed by atoms with Crippen molar-refractivity contribution >= 4 is 40.8 Å². The SMILES string of the molecule is CC1=C(C2CCC(CC(=O)c3ccc4cccnc4n3)CC2)c2cc(F)c[n+](CC(=O)O)c2C1.Cl. The van der Waals surface area contributed by atoms with Crippen LogP contribution in [0.4, 0.5) is 4.39 Å². The van der Waals surface area contributed by atoms with Crippen molar-refractivity contribution in [2.24, 2.45) is 11.8 Å². The minimum atomic E-state index is -0.981. The maximum atomic E-state index is 14.3. The predicted octanol–water partition coefficient (Wildman–Crippen LogP) is 4.97. The Labute approximate surface area is 209 Å². The van der Waals surface area contributed by atoms with Crippen LogP contribution in [0.3, 0.4) is 0 Å². The van der Waals surface area contributed by atoms with Gasteiger partial charge in [0.15, 0.2) is 22.9 Å². The van der Waals surface area contributed by atoms with Crippen molar-refractivity contribution in [1.29, 1.82) is 0 Å². The number of allylic oxidation sites excluding steroid dienone is 2. The van der Waals surface area contributed by atoms with Crippen LogP contribution < -0.4 is 4.57 Å². The van der Waals surface area contributed by atoms with Crippen LogP contribution in [-0.2, 0) is 17.8 Å². The lowest BCUT2D eigenvalue weighted by molar-refractivity contribution is -0.694. The zero-order valence-electron chi connectivity index (χ0n) is 19.5.